The zero-order chi connectivity index (χ0) is 13.4. The van der Waals surface area contributed by atoms with Gasteiger partial charge in [-0.1, -0.05) is 11.6 Å². The quantitative estimate of drug-likeness (QED) is 0.817. The minimum absolute atomic E-state index is 0.197. The summed E-state index contributed by atoms with van der Waals surface area (Å²) in [6, 6.07) is 5.01. The van der Waals surface area contributed by atoms with E-state index in [4.69, 9.17) is 22.4 Å². The Morgan fingerprint density at radius 2 is 2.11 bits per heavy atom. The number of anilines is 1. The summed E-state index contributed by atoms with van der Waals surface area (Å²) in [5.41, 5.74) is 7.96. The van der Waals surface area contributed by atoms with Crippen LogP contribution in [-0.4, -0.2) is 20.9 Å². The van der Waals surface area contributed by atoms with Crippen LogP contribution in [0.2, 0.25) is 5.02 Å². The van der Waals surface area contributed by atoms with E-state index >= 15 is 0 Å². The van der Waals surface area contributed by atoms with Gasteiger partial charge in [-0.05, 0) is 32.0 Å². The van der Waals surface area contributed by atoms with Crippen molar-refractivity contribution in [2.45, 2.75) is 13.8 Å². The average Bonchev–Trinajstić information content (AvgIpc) is 2.54. The molecule has 3 N–H and O–H groups in total. The van der Waals surface area contributed by atoms with Crippen LogP contribution in [0.3, 0.4) is 0 Å². The molecular weight excluding hydrogens is 254 g/mol. The first kappa shape index (κ1) is 12.4. The summed E-state index contributed by atoms with van der Waals surface area (Å²) in [7, 11) is 0. The molecule has 1 aromatic heterocycles. The summed E-state index contributed by atoms with van der Waals surface area (Å²) < 4.78 is 1.51. The first-order valence-electron chi connectivity index (χ1n) is 5.26. The predicted octanol–water partition coefficient (Wildman–Crippen LogP) is 2.42. The van der Waals surface area contributed by atoms with Crippen molar-refractivity contribution in [2.75, 3.05) is 5.73 Å². The Kier molecular flexibility index (Phi) is 3.00. The lowest BCUT2D eigenvalue weighted by Crippen LogP contribution is -2.03. The number of carboxylic acid groups (broad SMARTS) is 1. The summed E-state index contributed by atoms with van der Waals surface area (Å²) in [6.45, 7) is 3.34. The van der Waals surface area contributed by atoms with Crippen LogP contribution >= 0.6 is 11.6 Å². The number of aromatic nitrogens is 2. The third kappa shape index (κ3) is 1.93. The summed E-state index contributed by atoms with van der Waals surface area (Å²) in [4.78, 5) is 11.1. The largest absolute Gasteiger partial charge is 0.478 e. The van der Waals surface area contributed by atoms with Gasteiger partial charge in [0.1, 0.15) is 5.56 Å². The number of nitrogens with zero attached hydrogens (tertiary/aromatic N) is 2. The van der Waals surface area contributed by atoms with E-state index in [1.165, 1.54) is 4.68 Å². The fourth-order valence-corrected chi connectivity index (χ4v) is 2.15. The number of nitrogens with two attached hydrogens (primary N) is 1. The van der Waals surface area contributed by atoms with Gasteiger partial charge in [-0.3, -0.25) is 0 Å². The highest BCUT2D eigenvalue weighted by Gasteiger charge is 2.19. The molecule has 0 saturated carbocycles. The van der Waals surface area contributed by atoms with Crippen molar-refractivity contribution in [3.05, 3.63) is 40.2 Å². The molecule has 0 saturated heterocycles. The molecule has 1 aromatic carbocycles. The van der Waals surface area contributed by atoms with Gasteiger partial charge in [0.2, 0.25) is 0 Å². The third-order valence-electron chi connectivity index (χ3n) is 2.71. The van der Waals surface area contributed by atoms with Gasteiger partial charge >= 0.3 is 5.97 Å². The van der Waals surface area contributed by atoms with Crippen molar-refractivity contribution in [3.8, 4) is 5.69 Å². The summed E-state index contributed by atoms with van der Waals surface area (Å²) in [6.07, 6.45) is 0. The number of carbonyl (C=O) groups is 1. The first-order chi connectivity index (χ1) is 8.41. The average molecular weight is 266 g/mol. The molecule has 0 aliphatic carbocycles. The number of rotatable bonds is 2. The fraction of sp³-hybridized carbons (Fsp3) is 0.167. The number of hydrogen-bond acceptors (Lipinski definition) is 3. The van der Waals surface area contributed by atoms with E-state index < -0.39 is 5.97 Å². The maximum Gasteiger partial charge on any atom is 0.339 e. The van der Waals surface area contributed by atoms with Crippen molar-refractivity contribution in [1.82, 2.24) is 9.78 Å². The van der Waals surface area contributed by atoms with E-state index in [2.05, 4.69) is 5.10 Å². The molecule has 2 rings (SSSR count). The molecule has 0 fully saturated rings. The minimum Gasteiger partial charge on any atom is -0.478 e. The molecule has 1 heterocycles. The second kappa shape index (κ2) is 4.34. The summed E-state index contributed by atoms with van der Waals surface area (Å²) in [5.74, 6) is -0.997. The van der Waals surface area contributed by atoms with Gasteiger partial charge in [-0.25, -0.2) is 9.48 Å². The van der Waals surface area contributed by atoms with E-state index in [0.717, 1.165) is 0 Å². The van der Waals surface area contributed by atoms with E-state index in [0.29, 0.717) is 27.8 Å². The number of halogens is 1. The Morgan fingerprint density at radius 3 is 2.61 bits per heavy atom. The molecule has 0 atom stereocenters. The number of nitrogen functional groups attached to an aromatic ring is 1. The van der Waals surface area contributed by atoms with E-state index in [9.17, 15) is 4.79 Å². The SMILES string of the molecule is Cc1nn(-c2ccc(N)cc2Cl)c(C)c1C(=O)O. The highest BCUT2D eigenvalue weighted by molar-refractivity contribution is 6.32. The Hall–Kier alpha value is -2.01. The van der Waals surface area contributed by atoms with E-state index in [1.54, 1.807) is 32.0 Å². The Balaban J connectivity index is 2.65. The van der Waals surface area contributed by atoms with Crippen LogP contribution in [0.1, 0.15) is 21.7 Å². The molecule has 0 spiro atoms. The smallest absolute Gasteiger partial charge is 0.339 e. The Morgan fingerprint density at radius 1 is 1.44 bits per heavy atom. The van der Waals surface area contributed by atoms with Crippen molar-refractivity contribution < 1.29 is 9.90 Å². The predicted molar refractivity (Wildman–Crippen MR) is 69.4 cm³/mol. The zero-order valence-electron chi connectivity index (χ0n) is 9.94. The van der Waals surface area contributed by atoms with Crippen LogP contribution in [0.25, 0.3) is 5.69 Å². The fourth-order valence-electron chi connectivity index (χ4n) is 1.88. The molecule has 0 aliphatic rings. The molecule has 0 bridgehead atoms. The molecule has 0 amide bonds. The maximum absolute atomic E-state index is 11.1. The van der Waals surface area contributed by atoms with Crippen LogP contribution in [0.15, 0.2) is 18.2 Å². The third-order valence-corrected chi connectivity index (χ3v) is 3.01. The molecule has 5 nitrogen and oxygen atoms in total. The second-order valence-electron chi connectivity index (χ2n) is 3.97. The van der Waals surface area contributed by atoms with Gasteiger partial charge in [-0.15, -0.1) is 0 Å². The van der Waals surface area contributed by atoms with Crippen molar-refractivity contribution in [2.24, 2.45) is 0 Å². The standard InChI is InChI=1S/C12H12ClN3O2/c1-6-11(12(17)18)7(2)16(15-6)10-4-3-8(14)5-9(10)13/h3-5H,14H2,1-2H3,(H,17,18). The van der Waals surface area contributed by atoms with Gasteiger partial charge < -0.3 is 10.8 Å². The van der Waals surface area contributed by atoms with Crippen LogP contribution in [0.4, 0.5) is 5.69 Å². The number of benzene rings is 1. The number of aromatic carboxylic acids is 1. The van der Waals surface area contributed by atoms with Gasteiger partial charge in [0.15, 0.2) is 0 Å². The van der Waals surface area contributed by atoms with E-state index in [-0.39, 0.29) is 5.56 Å². The summed E-state index contributed by atoms with van der Waals surface area (Å²) >= 11 is 6.09. The van der Waals surface area contributed by atoms with Gasteiger partial charge in [0, 0.05) is 5.69 Å². The monoisotopic (exact) mass is 265 g/mol. The van der Waals surface area contributed by atoms with Crippen LogP contribution in [0, 0.1) is 13.8 Å². The van der Waals surface area contributed by atoms with Gasteiger partial charge in [0.05, 0.1) is 22.1 Å². The highest BCUT2D eigenvalue weighted by Crippen LogP contribution is 2.25. The molecule has 0 aliphatic heterocycles. The van der Waals surface area contributed by atoms with Crippen molar-refractivity contribution in [3.63, 3.8) is 0 Å². The Bertz CT molecular complexity index is 634. The number of hydrogen-bond donors (Lipinski definition) is 2. The van der Waals surface area contributed by atoms with Gasteiger partial charge in [-0.2, -0.15) is 5.10 Å². The van der Waals surface area contributed by atoms with Crippen molar-refractivity contribution >= 4 is 23.3 Å². The lowest BCUT2D eigenvalue weighted by Gasteiger charge is -2.07. The number of aryl methyl sites for hydroxylation is 1. The molecule has 18 heavy (non-hydrogen) atoms. The molecular formula is C12H12ClN3O2. The molecule has 6 heteroatoms. The lowest BCUT2D eigenvalue weighted by atomic mass is 10.2. The van der Waals surface area contributed by atoms with Crippen LogP contribution < -0.4 is 5.73 Å². The van der Waals surface area contributed by atoms with Crippen LogP contribution in [-0.2, 0) is 0 Å². The Labute approximate surface area is 109 Å². The second-order valence-corrected chi connectivity index (χ2v) is 4.38. The lowest BCUT2D eigenvalue weighted by molar-refractivity contribution is 0.0695. The van der Waals surface area contributed by atoms with E-state index in [1.807, 2.05) is 0 Å². The normalized spacial score (nSPS) is 10.6. The first-order valence-corrected chi connectivity index (χ1v) is 5.64. The van der Waals surface area contributed by atoms with Crippen molar-refractivity contribution in [1.29, 1.82) is 0 Å². The summed E-state index contributed by atoms with van der Waals surface area (Å²) in [5, 5.41) is 13.7. The van der Waals surface area contributed by atoms with Gasteiger partial charge in [0.25, 0.3) is 0 Å². The molecule has 0 unspecified atom stereocenters. The van der Waals surface area contributed by atoms with Crippen LogP contribution in [0.5, 0.6) is 0 Å². The highest BCUT2D eigenvalue weighted by atomic mass is 35.5. The minimum atomic E-state index is -0.997. The maximum atomic E-state index is 11.1. The molecule has 94 valence electrons. The molecule has 0 radical (unpaired) electrons. The zero-order valence-corrected chi connectivity index (χ0v) is 10.7. The number of carboxylic acids is 1. The molecule has 2 aromatic rings. The topological polar surface area (TPSA) is 81.1 Å².